The summed E-state index contributed by atoms with van der Waals surface area (Å²) < 4.78 is 11.8. The lowest BCUT2D eigenvalue weighted by Gasteiger charge is -2.23. The lowest BCUT2D eigenvalue weighted by molar-refractivity contribution is -0.168. The van der Waals surface area contributed by atoms with Crippen LogP contribution in [0.3, 0.4) is 0 Å². The van der Waals surface area contributed by atoms with Gasteiger partial charge in [-0.1, -0.05) is 47.7 Å². The van der Waals surface area contributed by atoms with Gasteiger partial charge in [-0.3, -0.25) is 15.1 Å². The number of rotatable bonds is 7. The predicted octanol–water partition coefficient (Wildman–Crippen LogP) is 6.90. The lowest BCUT2D eigenvalue weighted by atomic mass is 9.96. The Balaban J connectivity index is 1.25. The maximum absolute atomic E-state index is 13.6. The van der Waals surface area contributed by atoms with Crippen LogP contribution in [0.2, 0.25) is 0 Å². The second-order valence-corrected chi connectivity index (χ2v) is 10.8. The first-order valence-electron chi connectivity index (χ1n) is 13.4. The molecule has 0 aliphatic carbocycles. The number of nitriles is 1. The van der Waals surface area contributed by atoms with Crippen LogP contribution in [0.15, 0.2) is 72.9 Å². The highest BCUT2D eigenvalue weighted by Crippen LogP contribution is 2.31. The molecule has 1 aliphatic rings. The van der Waals surface area contributed by atoms with Crippen LogP contribution in [-0.4, -0.2) is 33.8 Å². The highest BCUT2D eigenvalue weighted by molar-refractivity contribution is 7.22. The zero-order valence-electron chi connectivity index (χ0n) is 22.5. The van der Waals surface area contributed by atoms with E-state index in [4.69, 9.17) is 19.7 Å². The number of aromatic nitrogens is 3. The molecule has 2 aromatic carbocycles. The van der Waals surface area contributed by atoms with Crippen LogP contribution in [0.25, 0.3) is 32.7 Å². The van der Waals surface area contributed by atoms with Crippen LogP contribution in [-0.2, 0) is 16.1 Å². The van der Waals surface area contributed by atoms with Gasteiger partial charge in [-0.15, -0.1) is 0 Å². The van der Waals surface area contributed by atoms with E-state index in [0.29, 0.717) is 33.2 Å². The summed E-state index contributed by atoms with van der Waals surface area (Å²) in [5.41, 5.74) is 6.88. The standard InChI is InChI=1S/C32H27N5O3S/c1-20-16-25(24-7-3-2-6-23(24)19-40-29-8-4-5-15-39-29)26(18-34-20)30(38)37-32-36-28-14-13-27(35-31(28)41-32)22-11-9-21(17-33)10-12-22/h2-3,6-7,9-14,16,18,29H,4-5,8,15,19H2,1H3,(H,36,37,38). The van der Waals surface area contributed by atoms with E-state index in [1.807, 2.05) is 61.5 Å². The molecule has 1 amide bonds. The smallest absolute Gasteiger partial charge is 0.259 e. The first-order valence-corrected chi connectivity index (χ1v) is 14.3. The topological polar surface area (TPSA) is 110 Å². The Hall–Kier alpha value is -4.49. The van der Waals surface area contributed by atoms with Gasteiger partial charge < -0.3 is 9.47 Å². The molecule has 1 unspecified atom stereocenters. The molecule has 1 saturated heterocycles. The molecule has 6 rings (SSSR count). The molecule has 1 N–H and O–H groups in total. The largest absolute Gasteiger partial charge is 0.353 e. The van der Waals surface area contributed by atoms with Gasteiger partial charge in [-0.2, -0.15) is 5.26 Å². The molecule has 3 aromatic heterocycles. The normalized spacial score (nSPS) is 15.0. The van der Waals surface area contributed by atoms with Gasteiger partial charge in [0.05, 0.1) is 29.5 Å². The fourth-order valence-corrected chi connectivity index (χ4v) is 5.64. The summed E-state index contributed by atoms with van der Waals surface area (Å²) in [6.45, 7) is 3.01. The zero-order chi connectivity index (χ0) is 28.2. The van der Waals surface area contributed by atoms with E-state index >= 15 is 0 Å². The summed E-state index contributed by atoms with van der Waals surface area (Å²) >= 11 is 1.31. The molecule has 1 atom stereocenters. The Labute approximate surface area is 241 Å². The molecule has 4 heterocycles. The van der Waals surface area contributed by atoms with E-state index < -0.39 is 0 Å². The summed E-state index contributed by atoms with van der Waals surface area (Å²) in [4.78, 5) is 28.0. The van der Waals surface area contributed by atoms with Crippen LogP contribution in [0.4, 0.5) is 5.13 Å². The van der Waals surface area contributed by atoms with Crippen LogP contribution in [0.5, 0.6) is 0 Å². The van der Waals surface area contributed by atoms with Crippen molar-refractivity contribution in [1.82, 2.24) is 15.0 Å². The number of aryl methyl sites for hydroxylation is 1. The number of carbonyl (C=O) groups excluding carboxylic acids is 1. The molecule has 0 spiro atoms. The van der Waals surface area contributed by atoms with E-state index in [2.05, 4.69) is 21.4 Å². The van der Waals surface area contributed by atoms with Gasteiger partial charge in [-0.25, -0.2) is 9.97 Å². The highest BCUT2D eigenvalue weighted by atomic mass is 32.1. The Bertz CT molecular complexity index is 1750. The Morgan fingerprint density at radius 1 is 1.10 bits per heavy atom. The maximum atomic E-state index is 13.6. The number of nitrogens with one attached hydrogen (secondary N) is 1. The molecule has 9 heteroatoms. The SMILES string of the molecule is Cc1cc(-c2ccccc2COC2CCCCO2)c(C(=O)Nc2nc3ccc(-c4ccc(C#N)cc4)nc3s2)cn1. The van der Waals surface area contributed by atoms with Crippen LogP contribution in [0, 0.1) is 18.3 Å². The summed E-state index contributed by atoms with van der Waals surface area (Å²) in [7, 11) is 0. The fraction of sp³-hybridized carbons (Fsp3) is 0.219. The molecule has 0 saturated carbocycles. The third-order valence-corrected chi connectivity index (χ3v) is 7.82. The Morgan fingerprint density at radius 3 is 2.76 bits per heavy atom. The predicted molar refractivity (Wildman–Crippen MR) is 158 cm³/mol. The third-order valence-electron chi connectivity index (χ3n) is 6.94. The Kier molecular flexibility index (Phi) is 7.78. The van der Waals surface area contributed by atoms with Crippen molar-refractivity contribution in [3.8, 4) is 28.5 Å². The van der Waals surface area contributed by atoms with Crippen molar-refractivity contribution < 1.29 is 14.3 Å². The van der Waals surface area contributed by atoms with Gasteiger partial charge in [0, 0.05) is 24.1 Å². The van der Waals surface area contributed by atoms with Crippen molar-refractivity contribution in [2.24, 2.45) is 0 Å². The van der Waals surface area contributed by atoms with Gasteiger partial charge in [0.25, 0.3) is 5.91 Å². The molecular weight excluding hydrogens is 534 g/mol. The number of hydrogen-bond acceptors (Lipinski definition) is 8. The van der Waals surface area contributed by atoms with Crippen LogP contribution < -0.4 is 5.32 Å². The Morgan fingerprint density at radius 2 is 1.95 bits per heavy atom. The summed E-state index contributed by atoms with van der Waals surface area (Å²) in [5, 5.41) is 12.5. The molecule has 1 fully saturated rings. The molecule has 0 bridgehead atoms. The second-order valence-electron chi connectivity index (χ2n) is 9.82. The van der Waals surface area contributed by atoms with Crippen molar-refractivity contribution in [3.05, 3.63) is 95.3 Å². The van der Waals surface area contributed by atoms with Crippen LogP contribution >= 0.6 is 11.3 Å². The number of amides is 1. The first-order chi connectivity index (χ1) is 20.1. The molecule has 41 heavy (non-hydrogen) atoms. The van der Waals surface area contributed by atoms with Crippen molar-refractivity contribution >= 4 is 32.7 Å². The van der Waals surface area contributed by atoms with Crippen molar-refractivity contribution in [1.29, 1.82) is 5.26 Å². The molecule has 1 aliphatic heterocycles. The molecule has 0 radical (unpaired) electrons. The number of thiazole rings is 1. The fourth-order valence-electron chi connectivity index (χ4n) is 4.81. The summed E-state index contributed by atoms with van der Waals surface area (Å²) in [6, 6.07) is 23.0. The van der Waals surface area contributed by atoms with Crippen molar-refractivity contribution in [3.63, 3.8) is 0 Å². The molecular formula is C32H27N5O3S. The number of benzene rings is 2. The average molecular weight is 562 g/mol. The van der Waals surface area contributed by atoms with E-state index in [9.17, 15) is 4.79 Å². The molecule has 8 nitrogen and oxygen atoms in total. The number of nitrogens with zero attached hydrogens (tertiary/aromatic N) is 4. The number of anilines is 1. The second kappa shape index (κ2) is 11.9. The van der Waals surface area contributed by atoms with Crippen molar-refractivity contribution in [2.45, 2.75) is 39.1 Å². The number of pyridine rings is 2. The van der Waals surface area contributed by atoms with E-state index in [1.54, 1.807) is 18.3 Å². The van der Waals surface area contributed by atoms with Gasteiger partial charge in [-0.05, 0) is 73.2 Å². The minimum absolute atomic E-state index is 0.205. The van der Waals surface area contributed by atoms with Gasteiger partial charge >= 0.3 is 0 Å². The third kappa shape index (κ3) is 6.00. The van der Waals surface area contributed by atoms with Gasteiger partial charge in [0.1, 0.15) is 10.3 Å². The average Bonchev–Trinajstić information content (AvgIpc) is 3.42. The minimum atomic E-state index is -0.301. The number of hydrogen-bond donors (Lipinski definition) is 1. The van der Waals surface area contributed by atoms with E-state index in [1.165, 1.54) is 11.3 Å². The van der Waals surface area contributed by atoms with Crippen LogP contribution in [0.1, 0.15) is 46.4 Å². The number of ether oxygens (including phenoxy) is 2. The minimum Gasteiger partial charge on any atom is -0.353 e. The highest BCUT2D eigenvalue weighted by Gasteiger charge is 2.20. The number of fused-ring (bicyclic) bond motifs is 1. The quantitative estimate of drug-likeness (QED) is 0.230. The van der Waals surface area contributed by atoms with Gasteiger partial charge in [0.15, 0.2) is 11.4 Å². The maximum Gasteiger partial charge on any atom is 0.259 e. The monoisotopic (exact) mass is 561 g/mol. The van der Waals surface area contributed by atoms with Crippen molar-refractivity contribution in [2.75, 3.05) is 11.9 Å². The number of carbonyl (C=O) groups is 1. The summed E-state index contributed by atoms with van der Waals surface area (Å²) in [6.07, 6.45) is 4.45. The summed E-state index contributed by atoms with van der Waals surface area (Å²) in [5.74, 6) is -0.301. The molecule has 204 valence electrons. The van der Waals surface area contributed by atoms with E-state index in [0.717, 1.165) is 59.5 Å². The first kappa shape index (κ1) is 26.7. The molecule has 5 aromatic rings. The zero-order valence-corrected chi connectivity index (χ0v) is 23.3. The lowest BCUT2D eigenvalue weighted by Crippen LogP contribution is -2.22. The van der Waals surface area contributed by atoms with E-state index in [-0.39, 0.29) is 12.2 Å². The van der Waals surface area contributed by atoms with Gasteiger partial charge in [0.2, 0.25) is 0 Å².